The first kappa shape index (κ1) is 20.3. The topological polar surface area (TPSA) is 37.4 Å². The first-order chi connectivity index (χ1) is 13.1. The first-order valence-electron chi connectivity index (χ1n) is 8.35. The number of halogens is 3. The molecule has 0 radical (unpaired) electrons. The summed E-state index contributed by atoms with van der Waals surface area (Å²) in [4.78, 5) is 1.97. The molecule has 3 nitrogen and oxygen atoms in total. The number of nitrogens with zero attached hydrogens (tertiary/aromatic N) is 1. The van der Waals surface area contributed by atoms with Gasteiger partial charge in [-0.05, 0) is 47.0 Å². The second-order valence-corrected chi connectivity index (χ2v) is 9.06. The molecule has 0 aromatic heterocycles. The predicted molar refractivity (Wildman–Crippen MR) is 110 cm³/mol. The summed E-state index contributed by atoms with van der Waals surface area (Å²) in [6, 6.07) is 13.5. The van der Waals surface area contributed by atoms with Gasteiger partial charge in [-0.25, -0.2) is 17.2 Å². The maximum atomic E-state index is 14.8. The molecule has 3 aromatic carbocycles. The van der Waals surface area contributed by atoms with Crippen LogP contribution in [0.2, 0.25) is 5.02 Å². The van der Waals surface area contributed by atoms with Gasteiger partial charge in [-0.2, -0.15) is 0 Å². The van der Waals surface area contributed by atoms with Crippen molar-refractivity contribution in [3.05, 3.63) is 71.3 Å². The Morgan fingerprint density at radius 3 is 2.04 bits per heavy atom. The van der Waals surface area contributed by atoms with E-state index in [0.717, 1.165) is 18.0 Å². The molecule has 0 aliphatic rings. The standard InChI is InChI=1S/C21H18ClF2NO2S/c1-25(2)19-11-6-14(12-17(19)22)20-16(9-10-18(23)21(20)24)13-4-7-15(8-5-13)28(3,26)27/h4-12H,1-3H3. The first-order valence-corrected chi connectivity index (χ1v) is 10.6. The van der Waals surface area contributed by atoms with Crippen molar-refractivity contribution < 1.29 is 17.2 Å². The summed E-state index contributed by atoms with van der Waals surface area (Å²) < 4.78 is 52.1. The van der Waals surface area contributed by atoms with E-state index in [4.69, 9.17) is 11.6 Å². The minimum Gasteiger partial charge on any atom is -0.376 e. The molecule has 0 bridgehead atoms. The van der Waals surface area contributed by atoms with Crippen molar-refractivity contribution in [1.82, 2.24) is 0 Å². The summed E-state index contributed by atoms with van der Waals surface area (Å²) in [5, 5.41) is 0.407. The summed E-state index contributed by atoms with van der Waals surface area (Å²) in [5.74, 6) is -1.96. The van der Waals surface area contributed by atoms with Gasteiger partial charge in [-0.1, -0.05) is 35.9 Å². The third-order valence-electron chi connectivity index (χ3n) is 4.41. The second kappa shape index (κ2) is 7.53. The molecule has 3 aromatic rings. The Balaban J connectivity index is 2.20. The van der Waals surface area contributed by atoms with E-state index in [2.05, 4.69) is 0 Å². The fraction of sp³-hybridized carbons (Fsp3) is 0.143. The van der Waals surface area contributed by atoms with Crippen LogP contribution in [0, 0.1) is 11.6 Å². The van der Waals surface area contributed by atoms with Crippen molar-refractivity contribution in [3.63, 3.8) is 0 Å². The van der Waals surface area contributed by atoms with Gasteiger partial charge in [0.15, 0.2) is 21.5 Å². The van der Waals surface area contributed by atoms with Gasteiger partial charge in [0.25, 0.3) is 0 Å². The highest BCUT2D eigenvalue weighted by molar-refractivity contribution is 7.90. The van der Waals surface area contributed by atoms with Crippen LogP contribution < -0.4 is 4.90 Å². The smallest absolute Gasteiger partial charge is 0.175 e. The SMILES string of the molecule is CN(C)c1ccc(-c2c(-c3ccc(S(C)(=O)=O)cc3)ccc(F)c2F)cc1Cl. The quantitative estimate of drug-likeness (QED) is 0.564. The molecule has 0 unspecified atom stereocenters. The van der Waals surface area contributed by atoms with Gasteiger partial charge < -0.3 is 4.90 Å². The Hall–Kier alpha value is -2.44. The molecule has 0 atom stereocenters. The van der Waals surface area contributed by atoms with Crippen molar-refractivity contribution in [3.8, 4) is 22.3 Å². The fourth-order valence-electron chi connectivity index (χ4n) is 2.98. The van der Waals surface area contributed by atoms with E-state index in [-0.39, 0.29) is 10.5 Å². The number of hydrogen-bond donors (Lipinski definition) is 0. The summed E-state index contributed by atoms with van der Waals surface area (Å²) in [7, 11) is 0.310. The third-order valence-corrected chi connectivity index (χ3v) is 5.84. The molecule has 28 heavy (non-hydrogen) atoms. The zero-order valence-electron chi connectivity index (χ0n) is 15.5. The molecular formula is C21H18ClF2NO2S. The third kappa shape index (κ3) is 3.88. The lowest BCUT2D eigenvalue weighted by molar-refractivity contribution is 0.511. The summed E-state index contributed by atoms with van der Waals surface area (Å²) in [5.41, 5.74) is 2.25. The zero-order valence-corrected chi connectivity index (χ0v) is 17.1. The molecule has 7 heteroatoms. The molecule has 0 saturated heterocycles. The molecule has 0 aliphatic heterocycles. The zero-order chi connectivity index (χ0) is 20.6. The van der Waals surface area contributed by atoms with Gasteiger partial charge in [-0.3, -0.25) is 0 Å². The van der Waals surface area contributed by atoms with Gasteiger partial charge in [-0.15, -0.1) is 0 Å². The van der Waals surface area contributed by atoms with Gasteiger partial charge in [0.05, 0.1) is 15.6 Å². The van der Waals surface area contributed by atoms with Crippen molar-refractivity contribution in [1.29, 1.82) is 0 Å². The maximum Gasteiger partial charge on any atom is 0.175 e. The molecule has 0 N–H and O–H groups in total. The fourth-order valence-corrected chi connectivity index (χ4v) is 3.96. The van der Waals surface area contributed by atoms with Crippen LogP contribution in [0.4, 0.5) is 14.5 Å². The Morgan fingerprint density at radius 1 is 0.893 bits per heavy atom. The van der Waals surface area contributed by atoms with E-state index in [1.807, 2.05) is 19.0 Å². The number of anilines is 1. The van der Waals surface area contributed by atoms with Crippen molar-refractivity contribution >= 4 is 27.1 Å². The molecule has 0 fully saturated rings. The monoisotopic (exact) mass is 421 g/mol. The average Bonchev–Trinajstić information content (AvgIpc) is 2.63. The lowest BCUT2D eigenvalue weighted by Crippen LogP contribution is -2.09. The van der Waals surface area contributed by atoms with E-state index in [9.17, 15) is 17.2 Å². The molecule has 0 aliphatic carbocycles. The summed E-state index contributed by atoms with van der Waals surface area (Å²) in [6.45, 7) is 0. The number of benzene rings is 3. The van der Waals surface area contributed by atoms with Crippen LogP contribution >= 0.6 is 11.6 Å². The van der Waals surface area contributed by atoms with Gasteiger partial charge in [0, 0.05) is 25.9 Å². The maximum absolute atomic E-state index is 14.8. The van der Waals surface area contributed by atoms with Crippen molar-refractivity contribution in [2.24, 2.45) is 0 Å². The van der Waals surface area contributed by atoms with Crippen LogP contribution in [0.15, 0.2) is 59.5 Å². The highest BCUT2D eigenvalue weighted by Gasteiger charge is 2.18. The van der Waals surface area contributed by atoms with E-state index >= 15 is 0 Å². The lowest BCUT2D eigenvalue weighted by atomic mass is 9.93. The molecule has 0 heterocycles. The Labute approximate surface area is 168 Å². The Kier molecular flexibility index (Phi) is 5.46. The van der Waals surface area contributed by atoms with E-state index in [1.165, 1.54) is 18.2 Å². The average molecular weight is 422 g/mol. The molecular weight excluding hydrogens is 404 g/mol. The number of sulfone groups is 1. The van der Waals surface area contributed by atoms with Crippen LogP contribution in [0.5, 0.6) is 0 Å². The van der Waals surface area contributed by atoms with Crippen molar-refractivity contribution in [2.75, 3.05) is 25.3 Å². The molecule has 3 rings (SSSR count). The highest BCUT2D eigenvalue weighted by atomic mass is 35.5. The van der Waals surface area contributed by atoms with Crippen molar-refractivity contribution in [2.45, 2.75) is 4.90 Å². The van der Waals surface area contributed by atoms with Crippen LogP contribution in [0.3, 0.4) is 0 Å². The van der Waals surface area contributed by atoms with E-state index in [1.54, 1.807) is 30.3 Å². The van der Waals surface area contributed by atoms with Gasteiger partial charge >= 0.3 is 0 Å². The molecule has 0 spiro atoms. The minimum atomic E-state index is -3.35. The lowest BCUT2D eigenvalue weighted by Gasteiger charge is -2.17. The van der Waals surface area contributed by atoms with Crippen LogP contribution in [-0.2, 0) is 9.84 Å². The summed E-state index contributed by atoms with van der Waals surface area (Å²) >= 11 is 6.31. The normalized spacial score (nSPS) is 11.5. The van der Waals surface area contributed by atoms with Gasteiger partial charge in [0.1, 0.15) is 0 Å². The number of hydrogen-bond acceptors (Lipinski definition) is 3. The predicted octanol–water partition coefficient (Wildman–Crippen LogP) is 5.42. The molecule has 0 saturated carbocycles. The van der Waals surface area contributed by atoms with E-state index < -0.39 is 21.5 Å². The minimum absolute atomic E-state index is 0.0688. The molecule has 0 amide bonds. The largest absolute Gasteiger partial charge is 0.376 e. The van der Waals surface area contributed by atoms with Gasteiger partial charge in [0.2, 0.25) is 0 Å². The Morgan fingerprint density at radius 2 is 1.50 bits per heavy atom. The highest BCUT2D eigenvalue weighted by Crippen LogP contribution is 2.38. The summed E-state index contributed by atoms with van der Waals surface area (Å²) in [6.07, 6.45) is 1.11. The van der Waals surface area contributed by atoms with Crippen LogP contribution in [0.25, 0.3) is 22.3 Å². The second-order valence-electron chi connectivity index (χ2n) is 6.64. The number of rotatable bonds is 4. The van der Waals surface area contributed by atoms with Crippen LogP contribution in [-0.4, -0.2) is 28.8 Å². The van der Waals surface area contributed by atoms with Crippen LogP contribution in [0.1, 0.15) is 0 Å². The van der Waals surface area contributed by atoms with E-state index in [0.29, 0.717) is 21.7 Å². The Bertz CT molecular complexity index is 1140. The molecule has 146 valence electrons.